The summed E-state index contributed by atoms with van der Waals surface area (Å²) in [6.07, 6.45) is 7.96. The Bertz CT molecular complexity index is 2740. The van der Waals surface area contributed by atoms with Crippen molar-refractivity contribution in [3.63, 3.8) is 0 Å². The number of halogens is 1. The van der Waals surface area contributed by atoms with Gasteiger partial charge < -0.3 is 10.2 Å². The number of nitrogens with one attached hydrogen (secondary N) is 2. The number of sulfonamides is 2. The SMILES string of the molecule is Cc1ccc(S(=O)(=O)Nc2ccccc2CCCCCc2ccccc2C(=O)O)c(C)c1.O=C(O)c1ccccc1CCCCCc1ccccc1NS(=O)(=O)c1ccccc1F. The highest BCUT2D eigenvalue weighted by molar-refractivity contribution is 7.93. The summed E-state index contributed by atoms with van der Waals surface area (Å²) in [5, 5.41) is 18.6. The molecule has 0 spiro atoms. The van der Waals surface area contributed by atoms with Gasteiger partial charge >= 0.3 is 11.9 Å². The molecule has 0 aromatic heterocycles. The van der Waals surface area contributed by atoms with Crippen molar-refractivity contribution in [3.05, 3.63) is 190 Å². The van der Waals surface area contributed by atoms with Crippen molar-refractivity contribution < 1.29 is 41.0 Å². The van der Waals surface area contributed by atoms with Crippen molar-refractivity contribution in [1.29, 1.82) is 0 Å². The van der Waals surface area contributed by atoms with Crippen LogP contribution in [0.2, 0.25) is 0 Å². The number of carboxylic acid groups (broad SMARTS) is 2. The average Bonchev–Trinajstić information content (AvgIpc) is 3.24. The minimum atomic E-state index is -4.03. The fourth-order valence-corrected chi connectivity index (χ4v) is 9.86. The standard InChI is InChI=1S/C26H29NO4S.C24H24FNO4S/c1-19-16-17-25(20(2)18-19)32(30,31)27-24-15-9-7-13-22(24)12-5-3-4-10-21-11-6-8-14-23(21)26(28)29;25-21-15-7-9-17-23(21)31(29,30)26-22-16-8-5-13-19(22)12-3-1-2-10-18-11-4-6-14-20(18)24(27)28/h6-9,11,13-18,27H,3-5,10,12H2,1-2H3,(H,28,29);4-9,11,13-17,26H,1-3,10,12H2,(H,27,28). The molecular formula is C50H53FN2O8S2. The Morgan fingerprint density at radius 3 is 1.30 bits per heavy atom. The molecule has 13 heteroatoms. The largest absolute Gasteiger partial charge is 0.478 e. The van der Waals surface area contributed by atoms with Crippen LogP contribution in [0.4, 0.5) is 15.8 Å². The number of carboxylic acids is 2. The molecule has 6 aromatic carbocycles. The molecule has 0 radical (unpaired) electrons. The first-order valence-corrected chi connectivity index (χ1v) is 23.8. The number of benzene rings is 6. The second kappa shape index (κ2) is 22.7. The van der Waals surface area contributed by atoms with Crippen LogP contribution in [-0.2, 0) is 45.7 Å². The van der Waals surface area contributed by atoms with Gasteiger partial charge in [-0.25, -0.2) is 30.8 Å². The molecule has 0 fully saturated rings. The molecule has 330 valence electrons. The van der Waals surface area contributed by atoms with Crippen molar-refractivity contribution >= 4 is 43.4 Å². The van der Waals surface area contributed by atoms with Crippen molar-refractivity contribution in [2.45, 2.75) is 87.8 Å². The number of rotatable bonds is 20. The van der Waals surface area contributed by atoms with Crippen LogP contribution >= 0.6 is 0 Å². The molecule has 0 saturated carbocycles. The van der Waals surface area contributed by atoms with Crippen LogP contribution < -0.4 is 9.44 Å². The van der Waals surface area contributed by atoms with E-state index in [4.69, 9.17) is 0 Å². The van der Waals surface area contributed by atoms with E-state index in [2.05, 4.69) is 9.44 Å². The first kappa shape index (κ1) is 47.7. The van der Waals surface area contributed by atoms with Gasteiger partial charge in [0.25, 0.3) is 20.0 Å². The van der Waals surface area contributed by atoms with Crippen LogP contribution in [0.5, 0.6) is 0 Å². The van der Waals surface area contributed by atoms with Crippen LogP contribution in [0.25, 0.3) is 0 Å². The topological polar surface area (TPSA) is 167 Å². The number of aryl methyl sites for hydroxylation is 6. The Hall–Kier alpha value is -6.31. The summed E-state index contributed by atoms with van der Waals surface area (Å²) in [5.74, 6) is -2.62. The number of aromatic carboxylic acids is 2. The van der Waals surface area contributed by atoms with Gasteiger partial charge in [0.2, 0.25) is 0 Å². The number of hydrogen-bond acceptors (Lipinski definition) is 6. The summed E-state index contributed by atoms with van der Waals surface area (Å²) >= 11 is 0. The molecule has 0 aliphatic rings. The third kappa shape index (κ3) is 13.8. The quantitative estimate of drug-likeness (QED) is 0.0550. The summed E-state index contributed by atoms with van der Waals surface area (Å²) in [7, 11) is -7.70. The van der Waals surface area contributed by atoms with E-state index < -0.39 is 37.8 Å². The van der Waals surface area contributed by atoms with Gasteiger partial charge in [0.15, 0.2) is 0 Å². The van der Waals surface area contributed by atoms with Gasteiger partial charge in [-0.05, 0) is 135 Å². The Morgan fingerprint density at radius 1 is 0.476 bits per heavy atom. The molecule has 6 rings (SSSR count). The summed E-state index contributed by atoms with van der Waals surface area (Å²) in [4.78, 5) is 22.5. The van der Waals surface area contributed by atoms with E-state index >= 15 is 0 Å². The second-order valence-electron chi connectivity index (χ2n) is 15.3. The zero-order chi connectivity index (χ0) is 45.4. The molecule has 0 bridgehead atoms. The van der Waals surface area contributed by atoms with Crippen LogP contribution in [0, 0.1) is 19.7 Å². The van der Waals surface area contributed by atoms with E-state index in [9.17, 15) is 41.0 Å². The summed E-state index contributed by atoms with van der Waals surface area (Å²) in [6, 6.07) is 39.2. The van der Waals surface area contributed by atoms with Crippen LogP contribution in [0.15, 0.2) is 149 Å². The molecule has 0 aliphatic heterocycles. The smallest absolute Gasteiger partial charge is 0.335 e. The maximum atomic E-state index is 13.9. The van der Waals surface area contributed by atoms with Crippen molar-refractivity contribution in [3.8, 4) is 0 Å². The number of unbranched alkanes of at least 4 members (excludes halogenated alkanes) is 4. The first-order valence-electron chi connectivity index (χ1n) is 20.8. The van der Waals surface area contributed by atoms with Gasteiger partial charge in [0, 0.05) is 0 Å². The molecule has 0 amide bonds. The number of para-hydroxylation sites is 2. The summed E-state index contributed by atoms with van der Waals surface area (Å²) in [6.45, 7) is 3.74. The highest BCUT2D eigenvalue weighted by Crippen LogP contribution is 2.26. The van der Waals surface area contributed by atoms with Gasteiger partial charge in [-0.2, -0.15) is 0 Å². The molecule has 10 nitrogen and oxygen atoms in total. The Morgan fingerprint density at radius 2 is 0.857 bits per heavy atom. The van der Waals surface area contributed by atoms with Crippen LogP contribution in [-0.4, -0.2) is 39.0 Å². The van der Waals surface area contributed by atoms with Gasteiger partial charge in [-0.1, -0.05) is 115 Å². The molecule has 0 heterocycles. The third-order valence-corrected chi connectivity index (χ3v) is 13.5. The Kier molecular flexibility index (Phi) is 17.2. The first-order chi connectivity index (χ1) is 30.2. The number of carbonyl (C=O) groups is 2. The fourth-order valence-electron chi connectivity index (χ4n) is 7.35. The Labute approximate surface area is 370 Å². The van der Waals surface area contributed by atoms with E-state index in [0.717, 1.165) is 84.4 Å². The van der Waals surface area contributed by atoms with Gasteiger partial charge in [0.1, 0.15) is 10.7 Å². The molecular weight excluding hydrogens is 840 g/mol. The molecule has 0 aliphatic carbocycles. The van der Waals surface area contributed by atoms with Gasteiger partial charge in [0.05, 0.1) is 27.4 Å². The van der Waals surface area contributed by atoms with E-state index in [-0.39, 0.29) is 9.79 Å². The monoisotopic (exact) mass is 892 g/mol. The molecule has 4 N–H and O–H groups in total. The Balaban J connectivity index is 0.000000238. The zero-order valence-corrected chi connectivity index (χ0v) is 37.0. The number of hydrogen-bond donors (Lipinski definition) is 4. The van der Waals surface area contributed by atoms with E-state index in [1.165, 1.54) is 18.2 Å². The fraction of sp³-hybridized carbons (Fsp3) is 0.240. The molecule has 0 atom stereocenters. The van der Waals surface area contributed by atoms with Crippen molar-refractivity contribution in [2.24, 2.45) is 0 Å². The lowest BCUT2D eigenvalue weighted by atomic mass is 9.99. The second-order valence-corrected chi connectivity index (χ2v) is 18.6. The molecule has 0 unspecified atom stereocenters. The molecule has 63 heavy (non-hydrogen) atoms. The third-order valence-electron chi connectivity index (χ3n) is 10.5. The van der Waals surface area contributed by atoms with E-state index in [1.807, 2.05) is 67.6 Å². The molecule has 0 saturated heterocycles. The van der Waals surface area contributed by atoms with Crippen molar-refractivity contribution in [1.82, 2.24) is 0 Å². The lowest BCUT2D eigenvalue weighted by Gasteiger charge is -2.14. The predicted molar refractivity (Wildman–Crippen MR) is 246 cm³/mol. The molecule has 6 aromatic rings. The maximum Gasteiger partial charge on any atom is 0.335 e. The highest BCUT2D eigenvalue weighted by atomic mass is 32.2. The van der Waals surface area contributed by atoms with Crippen molar-refractivity contribution in [2.75, 3.05) is 9.44 Å². The summed E-state index contributed by atoms with van der Waals surface area (Å²) < 4.78 is 70.3. The number of anilines is 2. The average molecular weight is 893 g/mol. The van der Waals surface area contributed by atoms with E-state index in [1.54, 1.807) is 61.5 Å². The lowest BCUT2D eigenvalue weighted by molar-refractivity contribution is 0.0684. The van der Waals surface area contributed by atoms with Gasteiger partial charge in [-0.3, -0.25) is 9.44 Å². The predicted octanol–water partition coefficient (Wildman–Crippen LogP) is 11.0. The van der Waals surface area contributed by atoms with Gasteiger partial charge in [-0.15, -0.1) is 0 Å². The normalized spacial score (nSPS) is 11.3. The minimum absolute atomic E-state index is 0.287. The van der Waals surface area contributed by atoms with Crippen LogP contribution in [0.1, 0.15) is 92.6 Å². The summed E-state index contributed by atoms with van der Waals surface area (Å²) in [5.41, 5.74) is 6.90. The zero-order valence-electron chi connectivity index (χ0n) is 35.4. The maximum absolute atomic E-state index is 13.9. The highest BCUT2D eigenvalue weighted by Gasteiger charge is 2.21. The lowest BCUT2D eigenvalue weighted by Crippen LogP contribution is -2.15. The van der Waals surface area contributed by atoms with E-state index in [0.29, 0.717) is 41.8 Å². The minimum Gasteiger partial charge on any atom is -0.478 e. The van der Waals surface area contributed by atoms with Crippen LogP contribution in [0.3, 0.4) is 0 Å².